The van der Waals surface area contributed by atoms with E-state index < -0.39 is 11.6 Å². The Labute approximate surface area is 183 Å². The van der Waals surface area contributed by atoms with Crippen molar-refractivity contribution in [1.82, 2.24) is 15.5 Å². The van der Waals surface area contributed by atoms with Gasteiger partial charge in [-0.25, -0.2) is 9.38 Å². The molecule has 3 aliphatic rings. The fourth-order valence-corrected chi connectivity index (χ4v) is 4.87. The summed E-state index contributed by atoms with van der Waals surface area (Å²) < 4.78 is 19.2. The Balaban J connectivity index is 1.54. The second kappa shape index (κ2) is 9.40. The highest BCUT2D eigenvalue weighted by atomic mass is 19.1. The molecule has 2 heterocycles. The van der Waals surface area contributed by atoms with E-state index in [1.807, 2.05) is 0 Å². The summed E-state index contributed by atoms with van der Waals surface area (Å²) in [7, 11) is 1.45. The molecule has 5 N–H and O–H groups in total. The average Bonchev–Trinajstić information content (AvgIpc) is 3.44. The summed E-state index contributed by atoms with van der Waals surface area (Å²) in [4.78, 5) is 12.0. The van der Waals surface area contributed by atoms with Crippen LogP contribution in [0.1, 0.15) is 45.4 Å². The maximum Gasteiger partial charge on any atom is 0.206 e. The van der Waals surface area contributed by atoms with Crippen LogP contribution in [0.4, 0.5) is 10.1 Å². The molecule has 1 saturated carbocycles. The van der Waals surface area contributed by atoms with Crippen LogP contribution >= 0.6 is 0 Å². The molecule has 1 aliphatic carbocycles. The molecule has 0 radical (unpaired) electrons. The maximum absolute atomic E-state index is 14.2. The Bertz CT molecular complexity index is 839. The number of guanidine groups is 2. The number of nitrogens with one attached hydrogen (secondary N) is 3. The van der Waals surface area contributed by atoms with Gasteiger partial charge in [0.15, 0.2) is 17.4 Å². The van der Waals surface area contributed by atoms with Crippen molar-refractivity contribution in [1.29, 1.82) is 0 Å². The number of likely N-dealkylation sites (tertiary alicyclic amines) is 1. The summed E-state index contributed by atoms with van der Waals surface area (Å²) in [5, 5.41) is 9.72. The molecule has 1 aromatic carbocycles. The first kappa shape index (κ1) is 21.8. The minimum absolute atomic E-state index is 0.198. The molecule has 31 heavy (non-hydrogen) atoms. The number of rotatable bonds is 6. The fraction of sp³-hybridized carbons (Fsp3) is 0.636. The molecule has 170 valence electrons. The van der Waals surface area contributed by atoms with Crippen molar-refractivity contribution < 1.29 is 9.13 Å². The third-order valence-electron chi connectivity index (χ3n) is 6.61. The minimum Gasteiger partial charge on any atom is -0.494 e. The van der Waals surface area contributed by atoms with Gasteiger partial charge in [-0.3, -0.25) is 20.9 Å². The van der Waals surface area contributed by atoms with Crippen molar-refractivity contribution in [3.63, 3.8) is 0 Å². The highest BCUT2D eigenvalue weighted by Gasteiger charge is 2.40. The lowest BCUT2D eigenvalue weighted by Crippen LogP contribution is -2.67. The summed E-state index contributed by atoms with van der Waals surface area (Å²) in [5.41, 5.74) is 7.31. The third kappa shape index (κ3) is 4.93. The van der Waals surface area contributed by atoms with Crippen LogP contribution in [0.25, 0.3) is 0 Å². The third-order valence-corrected chi connectivity index (χ3v) is 6.61. The van der Waals surface area contributed by atoms with E-state index in [9.17, 15) is 4.39 Å². The van der Waals surface area contributed by atoms with Crippen LogP contribution in [-0.2, 0) is 0 Å². The first-order valence-electron chi connectivity index (χ1n) is 11.3. The molecule has 0 amide bonds. The van der Waals surface area contributed by atoms with Gasteiger partial charge in [-0.2, -0.15) is 0 Å². The average molecular weight is 432 g/mol. The summed E-state index contributed by atoms with van der Waals surface area (Å²) in [6.45, 7) is 5.06. The van der Waals surface area contributed by atoms with Gasteiger partial charge < -0.3 is 15.4 Å². The minimum atomic E-state index is -0.936. The van der Waals surface area contributed by atoms with Crippen LogP contribution in [-0.4, -0.2) is 55.4 Å². The van der Waals surface area contributed by atoms with Crippen molar-refractivity contribution in [2.24, 2.45) is 21.6 Å². The highest BCUT2D eigenvalue weighted by molar-refractivity contribution is 6.07. The first-order valence-corrected chi connectivity index (χ1v) is 11.3. The predicted molar refractivity (Wildman–Crippen MR) is 122 cm³/mol. The van der Waals surface area contributed by atoms with Gasteiger partial charge in [-0.1, -0.05) is 19.8 Å². The zero-order valence-corrected chi connectivity index (χ0v) is 18.5. The lowest BCUT2D eigenvalue weighted by Gasteiger charge is -2.38. The van der Waals surface area contributed by atoms with E-state index in [0.717, 1.165) is 45.2 Å². The molecule has 0 spiro atoms. The van der Waals surface area contributed by atoms with Crippen LogP contribution in [0.15, 0.2) is 28.2 Å². The summed E-state index contributed by atoms with van der Waals surface area (Å²) in [6.07, 6.45) is 6.73. The normalized spacial score (nSPS) is 28.3. The predicted octanol–water partition coefficient (Wildman–Crippen LogP) is 2.44. The molecule has 9 heteroatoms. The molecule has 2 aliphatic heterocycles. The summed E-state index contributed by atoms with van der Waals surface area (Å²) in [5.74, 6) is 0.131. The van der Waals surface area contributed by atoms with Gasteiger partial charge in [0.1, 0.15) is 0 Å². The van der Waals surface area contributed by atoms with Crippen molar-refractivity contribution in [2.45, 2.75) is 57.3 Å². The van der Waals surface area contributed by atoms with Crippen molar-refractivity contribution >= 4 is 17.6 Å². The molecule has 0 bridgehead atoms. The number of anilines is 1. The Hall–Kier alpha value is -2.39. The fourth-order valence-electron chi connectivity index (χ4n) is 4.87. The second-order valence-electron chi connectivity index (χ2n) is 8.61. The zero-order valence-electron chi connectivity index (χ0n) is 18.5. The van der Waals surface area contributed by atoms with Crippen LogP contribution in [0.3, 0.4) is 0 Å². The van der Waals surface area contributed by atoms with E-state index in [0.29, 0.717) is 30.2 Å². The van der Waals surface area contributed by atoms with Gasteiger partial charge in [-0.05, 0) is 50.9 Å². The van der Waals surface area contributed by atoms with Gasteiger partial charge in [0.25, 0.3) is 0 Å². The van der Waals surface area contributed by atoms with Gasteiger partial charge in [-0.15, -0.1) is 0 Å². The quantitative estimate of drug-likeness (QED) is 0.552. The number of aliphatic imine (C=N–C) groups is 2. The number of benzene rings is 1. The van der Waals surface area contributed by atoms with Gasteiger partial charge >= 0.3 is 0 Å². The monoisotopic (exact) mass is 431 g/mol. The summed E-state index contributed by atoms with van der Waals surface area (Å²) >= 11 is 0. The van der Waals surface area contributed by atoms with Gasteiger partial charge in [0.2, 0.25) is 11.9 Å². The number of halogens is 1. The van der Waals surface area contributed by atoms with Gasteiger partial charge in [0.05, 0.1) is 13.7 Å². The topological polar surface area (TPSA) is 99.3 Å². The lowest BCUT2D eigenvalue weighted by molar-refractivity contribution is 0.254. The van der Waals surface area contributed by atoms with Crippen LogP contribution < -0.4 is 26.4 Å². The molecular formula is C22H34FN7O. The smallest absolute Gasteiger partial charge is 0.206 e. The molecule has 2 atom stereocenters. The number of nitrogens with two attached hydrogens (primary N) is 1. The Morgan fingerprint density at radius 2 is 2.13 bits per heavy atom. The van der Waals surface area contributed by atoms with E-state index in [4.69, 9.17) is 20.5 Å². The molecule has 0 aromatic heterocycles. The molecule has 1 saturated heterocycles. The second-order valence-corrected chi connectivity index (χ2v) is 8.61. The maximum atomic E-state index is 14.2. The van der Waals surface area contributed by atoms with E-state index in [1.54, 1.807) is 12.1 Å². The lowest BCUT2D eigenvalue weighted by atomic mass is 9.99. The number of hydrogen-bond donors (Lipinski definition) is 4. The van der Waals surface area contributed by atoms with Gasteiger partial charge in [0, 0.05) is 23.7 Å². The molecule has 2 unspecified atom stereocenters. The molecular weight excluding hydrogens is 397 g/mol. The highest BCUT2D eigenvalue weighted by Crippen LogP contribution is 2.33. The zero-order chi connectivity index (χ0) is 21.8. The number of methoxy groups -OCH3 is 1. The number of hydrogen-bond acceptors (Lipinski definition) is 6. The SMILES string of the molecule is CCN1CCCC1CN=C1NC(Nc2ccc(OC)c(F)c2)=NC(N)(C2CCCC2)N1. The van der Waals surface area contributed by atoms with E-state index in [-0.39, 0.29) is 11.7 Å². The van der Waals surface area contributed by atoms with E-state index in [2.05, 4.69) is 27.8 Å². The van der Waals surface area contributed by atoms with E-state index in [1.165, 1.54) is 19.6 Å². The molecule has 4 rings (SSSR count). The van der Waals surface area contributed by atoms with E-state index >= 15 is 0 Å². The first-order chi connectivity index (χ1) is 15.0. The summed E-state index contributed by atoms with van der Waals surface area (Å²) in [6, 6.07) is 5.16. The van der Waals surface area contributed by atoms with Crippen LogP contribution in [0, 0.1) is 11.7 Å². The largest absolute Gasteiger partial charge is 0.494 e. The Morgan fingerprint density at radius 1 is 1.32 bits per heavy atom. The Kier molecular flexibility index (Phi) is 6.62. The number of nitrogens with zero attached hydrogens (tertiary/aromatic N) is 3. The number of likely N-dealkylation sites (N-methyl/N-ethyl adjacent to an activating group) is 1. The van der Waals surface area contributed by atoms with Crippen molar-refractivity contribution in [3.8, 4) is 5.75 Å². The van der Waals surface area contributed by atoms with Crippen LogP contribution in [0.2, 0.25) is 0 Å². The molecule has 2 fully saturated rings. The number of ether oxygens (including phenoxy) is 1. The standard InChI is InChI=1S/C22H34FN7O/c1-3-30-12-6-9-17(30)14-25-20-27-21(26-16-10-11-19(31-2)18(23)13-16)29-22(24,28-20)15-7-4-5-8-15/h10-11,13,15,17H,3-9,12,14,24H2,1-2H3,(H3,25,26,27,28,29). The van der Waals surface area contributed by atoms with Crippen molar-refractivity contribution in [2.75, 3.05) is 32.1 Å². The molecule has 1 aromatic rings. The molecule has 8 nitrogen and oxygen atoms in total. The Morgan fingerprint density at radius 3 is 2.84 bits per heavy atom. The van der Waals surface area contributed by atoms with Crippen molar-refractivity contribution in [3.05, 3.63) is 24.0 Å². The van der Waals surface area contributed by atoms with Crippen LogP contribution in [0.5, 0.6) is 5.75 Å².